The molecule has 1 N–H and O–H groups in total. The van der Waals surface area contributed by atoms with Gasteiger partial charge in [-0.2, -0.15) is 0 Å². The smallest absolute Gasteiger partial charge is 0.115 e. The van der Waals surface area contributed by atoms with Gasteiger partial charge in [0.05, 0.1) is 12.2 Å². The Kier molecular flexibility index (Phi) is 2.93. The van der Waals surface area contributed by atoms with Crippen LogP contribution in [0.2, 0.25) is 0 Å². The van der Waals surface area contributed by atoms with E-state index in [1.54, 1.807) is 12.5 Å². The summed E-state index contributed by atoms with van der Waals surface area (Å²) in [5, 5.41) is 3.30. The normalized spacial score (nSPS) is 9.93. The van der Waals surface area contributed by atoms with Gasteiger partial charge in [0.2, 0.25) is 0 Å². The first kappa shape index (κ1) is 9.65. The Balaban J connectivity index is 1.96. The topological polar surface area (TPSA) is 37.8 Å². The zero-order chi connectivity index (χ0) is 10.5. The van der Waals surface area contributed by atoms with E-state index in [9.17, 15) is 0 Å². The first-order valence-electron chi connectivity index (χ1n) is 4.90. The Labute approximate surface area is 89.2 Å². The first-order chi connectivity index (χ1) is 7.34. The highest BCUT2D eigenvalue weighted by Crippen LogP contribution is 2.09. The molecular weight excluding hydrogens is 186 g/mol. The van der Waals surface area contributed by atoms with Gasteiger partial charge in [0.1, 0.15) is 6.33 Å². The molecule has 2 rings (SSSR count). The van der Waals surface area contributed by atoms with Crippen molar-refractivity contribution < 1.29 is 0 Å². The van der Waals surface area contributed by atoms with Gasteiger partial charge in [0.25, 0.3) is 0 Å². The number of nitrogens with zero attached hydrogens (tertiary/aromatic N) is 2. The maximum absolute atomic E-state index is 4.14. The Morgan fingerprint density at radius 1 is 1.13 bits per heavy atom. The fraction of sp³-hybridized carbons (Fsp3) is 0.167. The molecule has 1 aromatic heterocycles. The van der Waals surface area contributed by atoms with Crippen LogP contribution in [0.5, 0.6) is 0 Å². The minimum atomic E-state index is 0.728. The highest BCUT2D eigenvalue weighted by atomic mass is 14.9. The summed E-state index contributed by atoms with van der Waals surface area (Å²) in [7, 11) is 0. The van der Waals surface area contributed by atoms with Gasteiger partial charge >= 0.3 is 0 Å². The number of hydrogen-bond acceptors (Lipinski definition) is 3. The van der Waals surface area contributed by atoms with Gasteiger partial charge in [-0.25, -0.2) is 9.97 Å². The summed E-state index contributed by atoms with van der Waals surface area (Å²) in [4.78, 5) is 8.01. The average Bonchev–Trinajstić information content (AvgIpc) is 2.30. The third-order valence-corrected chi connectivity index (χ3v) is 2.17. The standard InChI is InChI=1S/C12H13N3/c1-10-2-4-11(5-3-10)14-8-12-6-7-13-9-15-12/h2-7,9,14H,8H2,1H3. The second-order valence-electron chi connectivity index (χ2n) is 3.42. The molecule has 0 aliphatic carbocycles. The number of hydrogen-bond donors (Lipinski definition) is 1. The van der Waals surface area contributed by atoms with Crippen LogP contribution in [0.4, 0.5) is 5.69 Å². The van der Waals surface area contributed by atoms with E-state index in [0.717, 1.165) is 17.9 Å². The van der Waals surface area contributed by atoms with Crippen LogP contribution in [0.3, 0.4) is 0 Å². The van der Waals surface area contributed by atoms with E-state index in [1.165, 1.54) is 5.56 Å². The van der Waals surface area contributed by atoms with Crippen molar-refractivity contribution in [3.8, 4) is 0 Å². The van der Waals surface area contributed by atoms with Gasteiger partial charge < -0.3 is 5.32 Å². The number of rotatable bonds is 3. The lowest BCUT2D eigenvalue weighted by molar-refractivity contribution is 1.01. The predicted molar refractivity (Wildman–Crippen MR) is 60.5 cm³/mol. The summed E-state index contributed by atoms with van der Waals surface area (Å²) in [6, 6.07) is 10.2. The molecule has 0 fully saturated rings. The Morgan fingerprint density at radius 2 is 1.93 bits per heavy atom. The van der Waals surface area contributed by atoms with Crippen molar-refractivity contribution in [3.05, 3.63) is 54.1 Å². The number of aromatic nitrogens is 2. The van der Waals surface area contributed by atoms with Gasteiger partial charge in [0, 0.05) is 11.9 Å². The molecule has 0 amide bonds. The van der Waals surface area contributed by atoms with Crippen LogP contribution in [0.1, 0.15) is 11.3 Å². The molecule has 0 aliphatic heterocycles. The van der Waals surface area contributed by atoms with E-state index in [4.69, 9.17) is 0 Å². The van der Waals surface area contributed by atoms with Gasteiger partial charge in [0.15, 0.2) is 0 Å². The molecule has 0 spiro atoms. The van der Waals surface area contributed by atoms with Crippen LogP contribution in [-0.4, -0.2) is 9.97 Å². The van der Waals surface area contributed by atoms with Crippen molar-refractivity contribution in [1.82, 2.24) is 9.97 Å². The minimum Gasteiger partial charge on any atom is -0.379 e. The van der Waals surface area contributed by atoms with Crippen molar-refractivity contribution in [2.45, 2.75) is 13.5 Å². The molecule has 2 aromatic rings. The third-order valence-electron chi connectivity index (χ3n) is 2.17. The van der Waals surface area contributed by atoms with Crippen LogP contribution in [0.15, 0.2) is 42.9 Å². The summed E-state index contributed by atoms with van der Waals surface area (Å²) >= 11 is 0. The number of benzene rings is 1. The summed E-state index contributed by atoms with van der Waals surface area (Å²) in [5.41, 5.74) is 3.37. The highest BCUT2D eigenvalue weighted by molar-refractivity contribution is 5.44. The molecule has 15 heavy (non-hydrogen) atoms. The number of anilines is 1. The molecule has 76 valence electrons. The second-order valence-corrected chi connectivity index (χ2v) is 3.42. The van der Waals surface area contributed by atoms with Gasteiger partial charge in [-0.1, -0.05) is 17.7 Å². The molecule has 0 unspecified atom stereocenters. The maximum atomic E-state index is 4.14. The van der Waals surface area contributed by atoms with Crippen LogP contribution < -0.4 is 5.32 Å². The molecule has 1 heterocycles. The van der Waals surface area contributed by atoms with Gasteiger partial charge in [-0.05, 0) is 25.1 Å². The maximum Gasteiger partial charge on any atom is 0.115 e. The summed E-state index contributed by atoms with van der Waals surface area (Å²) in [6.45, 7) is 2.81. The lowest BCUT2D eigenvalue weighted by Crippen LogP contribution is -2.01. The lowest BCUT2D eigenvalue weighted by atomic mass is 10.2. The van der Waals surface area contributed by atoms with E-state index >= 15 is 0 Å². The Morgan fingerprint density at radius 3 is 2.60 bits per heavy atom. The third kappa shape index (κ3) is 2.77. The van der Waals surface area contributed by atoms with Crippen LogP contribution in [0, 0.1) is 6.92 Å². The van der Waals surface area contributed by atoms with Crippen molar-refractivity contribution in [1.29, 1.82) is 0 Å². The molecule has 0 saturated carbocycles. The van der Waals surface area contributed by atoms with Crippen molar-refractivity contribution in [3.63, 3.8) is 0 Å². The Hall–Kier alpha value is -1.90. The van der Waals surface area contributed by atoms with E-state index in [0.29, 0.717) is 0 Å². The fourth-order valence-corrected chi connectivity index (χ4v) is 1.29. The van der Waals surface area contributed by atoms with Gasteiger partial charge in [-0.3, -0.25) is 0 Å². The van der Waals surface area contributed by atoms with E-state index in [1.807, 2.05) is 6.07 Å². The molecule has 0 radical (unpaired) electrons. The molecule has 0 bridgehead atoms. The SMILES string of the molecule is Cc1ccc(NCc2ccncn2)cc1. The van der Waals surface area contributed by atoms with Crippen molar-refractivity contribution >= 4 is 5.69 Å². The average molecular weight is 199 g/mol. The van der Waals surface area contributed by atoms with Crippen molar-refractivity contribution in [2.75, 3.05) is 5.32 Å². The fourth-order valence-electron chi connectivity index (χ4n) is 1.29. The molecule has 1 aromatic carbocycles. The summed E-state index contributed by atoms with van der Waals surface area (Å²) in [5.74, 6) is 0. The van der Waals surface area contributed by atoms with Crippen LogP contribution in [-0.2, 0) is 6.54 Å². The molecular formula is C12H13N3. The predicted octanol–water partition coefficient (Wildman–Crippen LogP) is 2.40. The second kappa shape index (κ2) is 4.55. The van der Waals surface area contributed by atoms with Gasteiger partial charge in [-0.15, -0.1) is 0 Å². The van der Waals surface area contributed by atoms with Crippen LogP contribution in [0.25, 0.3) is 0 Å². The van der Waals surface area contributed by atoms with E-state index in [2.05, 4.69) is 46.5 Å². The Bertz CT molecular complexity index is 409. The minimum absolute atomic E-state index is 0.728. The monoisotopic (exact) mass is 199 g/mol. The largest absolute Gasteiger partial charge is 0.379 e. The summed E-state index contributed by atoms with van der Waals surface area (Å²) in [6.07, 6.45) is 3.31. The van der Waals surface area contributed by atoms with Crippen molar-refractivity contribution in [2.24, 2.45) is 0 Å². The van der Waals surface area contributed by atoms with E-state index < -0.39 is 0 Å². The zero-order valence-corrected chi connectivity index (χ0v) is 8.64. The summed E-state index contributed by atoms with van der Waals surface area (Å²) < 4.78 is 0. The first-order valence-corrected chi connectivity index (χ1v) is 4.90. The highest BCUT2D eigenvalue weighted by Gasteiger charge is 1.93. The molecule has 3 heteroatoms. The number of nitrogens with one attached hydrogen (secondary N) is 1. The lowest BCUT2D eigenvalue weighted by Gasteiger charge is -2.05. The van der Waals surface area contributed by atoms with Crippen LogP contribution >= 0.6 is 0 Å². The zero-order valence-electron chi connectivity index (χ0n) is 8.64. The molecule has 0 atom stereocenters. The molecule has 0 aliphatic rings. The number of aryl methyl sites for hydroxylation is 1. The molecule has 0 saturated heterocycles. The van der Waals surface area contributed by atoms with E-state index in [-0.39, 0.29) is 0 Å². The molecule has 3 nitrogen and oxygen atoms in total. The quantitative estimate of drug-likeness (QED) is 0.824.